The van der Waals surface area contributed by atoms with Gasteiger partial charge in [-0.3, -0.25) is 9.59 Å². The summed E-state index contributed by atoms with van der Waals surface area (Å²) >= 11 is 5.86. The molecule has 0 unspecified atom stereocenters. The standard InChI is InChI=1S/C11H11ClO2/c1-7-3-4-9(6-10(7)12)11(14)5-8(2)13/h3-4,6H,5H2,1-2H3. The molecule has 0 bridgehead atoms. The van der Waals surface area contributed by atoms with Gasteiger partial charge in [0.05, 0.1) is 6.42 Å². The van der Waals surface area contributed by atoms with Crippen molar-refractivity contribution in [2.45, 2.75) is 20.3 Å². The number of benzene rings is 1. The van der Waals surface area contributed by atoms with Crippen molar-refractivity contribution in [1.82, 2.24) is 0 Å². The van der Waals surface area contributed by atoms with Gasteiger partial charge in [0.15, 0.2) is 5.78 Å². The van der Waals surface area contributed by atoms with Crippen LogP contribution in [0.1, 0.15) is 29.3 Å². The Balaban J connectivity index is 2.91. The highest BCUT2D eigenvalue weighted by molar-refractivity contribution is 6.31. The molecular formula is C11H11ClO2. The zero-order valence-electron chi connectivity index (χ0n) is 8.13. The van der Waals surface area contributed by atoms with E-state index >= 15 is 0 Å². The molecule has 3 heteroatoms. The van der Waals surface area contributed by atoms with E-state index in [-0.39, 0.29) is 18.0 Å². The van der Waals surface area contributed by atoms with E-state index in [4.69, 9.17) is 11.6 Å². The predicted octanol–water partition coefficient (Wildman–Crippen LogP) is 2.81. The van der Waals surface area contributed by atoms with Gasteiger partial charge in [0.2, 0.25) is 0 Å². The summed E-state index contributed by atoms with van der Waals surface area (Å²) in [6.45, 7) is 3.26. The van der Waals surface area contributed by atoms with Crippen molar-refractivity contribution < 1.29 is 9.59 Å². The van der Waals surface area contributed by atoms with Crippen LogP contribution in [0, 0.1) is 6.92 Å². The van der Waals surface area contributed by atoms with E-state index in [1.165, 1.54) is 6.92 Å². The van der Waals surface area contributed by atoms with Gasteiger partial charge in [0.25, 0.3) is 0 Å². The van der Waals surface area contributed by atoms with Crippen LogP contribution in [0.3, 0.4) is 0 Å². The molecule has 0 amide bonds. The lowest BCUT2D eigenvalue weighted by Gasteiger charge is -2.01. The second kappa shape index (κ2) is 4.38. The van der Waals surface area contributed by atoms with Crippen molar-refractivity contribution in [1.29, 1.82) is 0 Å². The van der Waals surface area contributed by atoms with Crippen LogP contribution in [0.25, 0.3) is 0 Å². The third-order valence-electron chi connectivity index (χ3n) is 1.90. The van der Waals surface area contributed by atoms with Crippen LogP contribution in [-0.2, 0) is 4.79 Å². The average Bonchev–Trinajstić information content (AvgIpc) is 2.08. The van der Waals surface area contributed by atoms with Gasteiger partial charge < -0.3 is 0 Å². The molecule has 0 aliphatic carbocycles. The SMILES string of the molecule is CC(=O)CC(=O)c1ccc(C)c(Cl)c1. The molecule has 0 fully saturated rings. The molecule has 0 aliphatic heterocycles. The Morgan fingerprint density at radius 3 is 2.50 bits per heavy atom. The molecular weight excluding hydrogens is 200 g/mol. The molecule has 0 spiro atoms. The van der Waals surface area contributed by atoms with Crippen molar-refractivity contribution in [3.63, 3.8) is 0 Å². The number of Topliss-reactive ketones (excluding diaryl/α,β-unsaturated/α-hetero) is 2. The van der Waals surface area contributed by atoms with Crippen LogP contribution in [0.4, 0.5) is 0 Å². The second-order valence-electron chi connectivity index (χ2n) is 3.27. The molecule has 0 heterocycles. The smallest absolute Gasteiger partial charge is 0.170 e. The number of hydrogen-bond donors (Lipinski definition) is 0. The topological polar surface area (TPSA) is 34.1 Å². The first-order valence-corrected chi connectivity index (χ1v) is 4.67. The Kier molecular flexibility index (Phi) is 3.42. The quantitative estimate of drug-likeness (QED) is 0.568. The molecule has 0 saturated heterocycles. The normalized spacial score (nSPS) is 9.93. The van der Waals surface area contributed by atoms with Crippen molar-refractivity contribution in [2.75, 3.05) is 0 Å². The molecule has 74 valence electrons. The second-order valence-corrected chi connectivity index (χ2v) is 3.67. The Bertz CT molecular complexity index is 383. The fraction of sp³-hybridized carbons (Fsp3) is 0.273. The number of carbonyl (C=O) groups excluding carboxylic acids is 2. The van der Waals surface area contributed by atoms with Gasteiger partial charge in [-0.1, -0.05) is 23.7 Å². The van der Waals surface area contributed by atoms with Crippen LogP contribution in [0.5, 0.6) is 0 Å². The molecule has 1 rings (SSSR count). The van der Waals surface area contributed by atoms with Crippen LogP contribution in [0.2, 0.25) is 5.02 Å². The molecule has 0 N–H and O–H groups in total. The fourth-order valence-electron chi connectivity index (χ4n) is 1.09. The summed E-state index contributed by atoms with van der Waals surface area (Å²) in [5.74, 6) is -0.314. The van der Waals surface area contributed by atoms with E-state index in [2.05, 4.69) is 0 Å². The zero-order valence-corrected chi connectivity index (χ0v) is 8.89. The predicted molar refractivity (Wildman–Crippen MR) is 55.8 cm³/mol. The maximum Gasteiger partial charge on any atom is 0.170 e. The van der Waals surface area contributed by atoms with Gasteiger partial charge in [-0.2, -0.15) is 0 Å². The van der Waals surface area contributed by atoms with Crippen LogP contribution >= 0.6 is 11.6 Å². The molecule has 2 nitrogen and oxygen atoms in total. The van der Waals surface area contributed by atoms with E-state index in [9.17, 15) is 9.59 Å². The zero-order chi connectivity index (χ0) is 10.7. The molecule has 0 saturated carbocycles. The van der Waals surface area contributed by atoms with Gasteiger partial charge in [-0.05, 0) is 25.5 Å². The Morgan fingerprint density at radius 2 is 2.00 bits per heavy atom. The van der Waals surface area contributed by atoms with Gasteiger partial charge in [0, 0.05) is 10.6 Å². The van der Waals surface area contributed by atoms with Crippen molar-refractivity contribution in [3.05, 3.63) is 34.3 Å². The molecule has 0 aliphatic rings. The van der Waals surface area contributed by atoms with Gasteiger partial charge >= 0.3 is 0 Å². The maximum absolute atomic E-state index is 11.4. The average molecular weight is 211 g/mol. The highest BCUT2D eigenvalue weighted by Gasteiger charge is 2.09. The van der Waals surface area contributed by atoms with E-state index in [0.717, 1.165) is 5.56 Å². The maximum atomic E-state index is 11.4. The molecule has 0 atom stereocenters. The minimum atomic E-state index is -0.181. The monoisotopic (exact) mass is 210 g/mol. The van der Waals surface area contributed by atoms with Crippen molar-refractivity contribution in [3.8, 4) is 0 Å². The third kappa shape index (κ3) is 2.67. The van der Waals surface area contributed by atoms with Crippen LogP contribution in [0.15, 0.2) is 18.2 Å². The summed E-state index contributed by atoms with van der Waals surface area (Å²) < 4.78 is 0. The molecule has 1 aromatic carbocycles. The first-order valence-electron chi connectivity index (χ1n) is 4.29. The summed E-state index contributed by atoms with van der Waals surface area (Å²) in [5, 5.41) is 0.555. The third-order valence-corrected chi connectivity index (χ3v) is 2.31. The lowest BCUT2D eigenvalue weighted by Crippen LogP contribution is -2.04. The van der Waals surface area contributed by atoms with E-state index in [1.54, 1.807) is 18.2 Å². The van der Waals surface area contributed by atoms with Crippen molar-refractivity contribution >= 4 is 23.2 Å². The fourth-order valence-corrected chi connectivity index (χ4v) is 1.28. The number of carbonyl (C=O) groups is 2. The summed E-state index contributed by atoms with van der Waals surface area (Å²) in [6, 6.07) is 5.06. The van der Waals surface area contributed by atoms with Gasteiger partial charge in [-0.25, -0.2) is 0 Å². The first-order chi connectivity index (χ1) is 6.50. The Hall–Kier alpha value is -1.15. The largest absolute Gasteiger partial charge is 0.300 e. The Morgan fingerprint density at radius 1 is 1.36 bits per heavy atom. The van der Waals surface area contributed by atoms with E-state index in [1.807, 2.05) is 6.92 Å². The van der Waals surface area contributed by atoms with Gasteiger partial charge in [-0.15, -0.1) is 0 Å². The number of ketones is 2. The molecule has 0 radical (unpaired) electrons. The minimum Gasteiger partial charge on any atom is -0.300 e. The van der Waals surface area contributed by atoms with Crippen LogP contribution < -0.4 is 0 Å². The Labute approximate surface area is 87.9 Å². The van der Waals surface area contributed by atoms with E-state index < -0.39 is 0 Å². The lowest BCUT2D eigenvalue weighted by molar-refractivity contribution is -0.116. The lowest BCUT2D eigenvalue weighted by atomic mass is 10.1. The number of hydrogen-bond acceptors (Lipinski definition) is 2. The minimum absolute atomic E-state index is 0.0562. The highest BCUT2D eigenvalue weighted by atomic mass is 35.5. The summed E-state index contributed by atoms with van der Waals surface area (Å²) in [5.41, 5.74) is 1.42. The van der Waals surface area contributed by atoms with Crippen molar-refractivity contribution in [2.24, 2.45) is 0 Å². The number of halogens is 1. The van der Waals surface area contributed by atoms with Gasteiger partial charge in [0.1, 0.15) is 5.78 Å². The van der Waals surface area contributed by atoms with Crippen LogP contribution in [-0.4, -0.2) is 11.6 Å². The highest BCUT2D eigenvalue weighted by Crippen LogP contribution is 2.17. The number of aryl methyl sites for hydroxylation is 1. The molecule has 0 aromatic heterocycles. The number of rotatable bonds is 3. The summed E-state index contributed by atoms with van der Waals surface area (Å²) in [6.07, 6.45) is -0.0562. The summed E-state index contributed by atoms with van der Waals surface area (Å²) in [7, 11) is 0. The summed E-state index contributed by atoms with van der Waals surface area (Å²) in [4.78, 5) is 22.2. The first kappa shape index (κ1) is 10.9. The van der Waals surface area contributed by atoms with E-state index in [0.29, 0.717) is 10.6 Å². The molecule has 1 aromatic rings. The molecule has 14 heavy (non-hydrogen) atoms.